The lowest BCUT2D eigenvalue weighted by atomic mass is 9.88. The molecule has 11 aromatic carbocycles. The molecular weight excluding hydrogens is 1070 g/mol. The maximum Gasteiger partial charge on any atom is 0.135 e. The van der Waals surface area contributed by atoms with E-state index in [9.17, 15) is 0 Å². The number of fused-ring (bicyclic) bond motifs is 16. The smallest absolute Gasteiger partial charge is 0.135 e. The van der Waals surface area contributed by atoms with E-state index in [0.29, 0.717) is 0 Å². The van der Waals surface area contributed by atoms with Crippen LogP contribution in [0.3, 0.4) is 0 Å². The van der Waals surface area contributed by atoms with E-state index in [-0.39, 0.29) is 0 Å². The first-order valence-corrected chi connectivity index (χ1v) is 28.0. The monoisotopic (exact) mass is 1120 g/mol. The van der Waals surface area contributed by atoms with Crippen molar-refractivity contribution in [3.8, 4) is 39.3 Å². The minimum absolute atomic E-state index is 0.892. The average Bonchev–Trinajstić information content (AvgIpc) is 4.34. The normalized spacial score (nSPS) is 12.6. The predicted molar refractivity (Wildman–Crippen MR) is 329 cm³/mol. The largest absolute Gasteiger partial charge is 0.456 e. The molecule has 366 valence electrons. The molecule has 0 radical (unpaired) electrons. The summed E-state index contributed by atoms with van der Waals surface area (Å²) in [5.74, 6) is 0. The molecule has 0 bridgehead atoms. The van der Waals surface area contributed by atoms with E-state index in [0.717, 1.165) is 99.1 Å². The van der Waals surface area contributed by atoms with Gasteiger partial charge in [-0.1, -0.05) is 112 Å². The highest BCUT2D eigenvalue weighted by atomic mass is 79.9. The number of hydrogen-bond donors (Lipinski definition) is 0. The molecule has 0 spiro atoms. The molecule has 0 saturated carbocycles. The minimum atomic E-state index is 0.892. The highest BCUT2D eigenvalue weighted by molar-refractivity contribution is 9.10. The summed E-state index contributed by atoms with van der Waals surface area (Å²) in [7, 11) is 0. The highest BCUT2D eigenvalue weighted by Gasteiger charge is 2.22. The van der Waals surface area contributed by atoms with Crippen molar-refractivity contribution in [2.45, 2.75) is 26.7 Å². The highest BCUT2D eigenvalue weighted by Crippen LogP contribution is 2.44. The lowest BCUT2D eigenvalue weighted by Crippen LogP contribution is -2.09. The Morgan fingerprint density at radius 2 is 0.623 bits per heavy atom. The van der Waals surface area contributed by atoms with Gasteiger partial charge in [0.2, 0.25) is 0 Å². The molecule has 0 aliphatic heterocycles. The van der Waals surface area contributed by atoms with E-state index in [4.69, 9.17) is 8.83 Å². The van der Waals surface area contributed by atoms with Gasteiger partial charge in [0.1, 0.15) is 22.3 Å². The molecule has 0 saturated heterocycles. The summed E-state index contributed by atoms with van der Waals surface area (Å²) in [6.07, 6.45) is 2.28. The van der Waals surface area contributed by atoms with Crippen LogP contribution in [0.1, 0.15) is 25.0 Å². The third-order valence-corrected chi connectivity index (χ3v) is 17.2. The number of halogens is 2. The van der Waals surface area contributed by atoms with Crippen molar-refractivity contribution in [2.24, 2.45) is 0 Å². The number of nitrogens with zero attached hydrogens (tertiary/aromatic N) is 3. The molecule has 0 amide bonds. The van der Waals surface area contributed by atoms with Crippen molar-refractivity contribution >= 4 is 141 Å². The van der Waals surface area contributed by atoms with Gasteiger partial charge in [-0.2, -0.15) is 0 Å². The number of aryl methyl sites for hydroxylation is 2. The van der Waals surface area contributed by atoms with Gasteiger partial charge < -0.3 is 22.5 Å². The Hall–Kier alpha value is -8.62. The Kier molecular flexibility index (Phi) is 9.83. The van der Waals surface area contributed by atoms with Gasteiger partial charge in [-0.25, -0.2) is 0 Å². The summed E-state index contributed by atoms with van der Waals surface area (Å²) in [6.45, 7) is 4.00. The first kappa shape index (κ1) is 44.7. The lowest BCUT2D eigenvalue weighted by molar-refractivity contribution is 0.668. The van der Waals surface area contributed by atoms with E-state index in [1.54, 1.807) is 0 Å². The Labute approximate surface area is 459 Å². The van der Waals surface area contributed by atoms with Crippen molar-refractivity contribution in [2.75, 3.05) is 0 Å². The fourth-order valence-electron chi connectivity index (χ4n) is 12.6. The summed E-state index contributed by atoms with van der Waals surface area (Å²) in [6, 6.07) is 78.1. The number of hydrogen-bond acceptors (Lipinski definition) is 2. The molecule has 17 rings (SSSR count). The van der Waals surface area contributed by atoms with Crippen molar-refractivity contribution < 1.29 is 8.83 Å². The summed E-state index contributed by atoms with van der Waals surface area (Å²) in [5, 5.41) is 11.7. The molecule has 0 fully saturated rings. The summed E-state index contributed by atoms with van der Waals surface area (Å²) < 4.78 is 21.9. The molecule has 1 aliphatic rings. The Balaban J connectivity index is 0.00000246. The van der Waals surface area contributed by atoms with E-state index >= 15 is 0 Å². The van der Waals surface area contributed by atoms with Gasteiger partial charge >= 0.3 is 0 Å². The molecule has 7 heteroatoms. The van der Waals surface area contributed by atoms with Crippen molar-refractivity contribution in [1.29, 1.82) is 0 Å². The summed E-state index contributed by atoms with van der Waals surface area (Å²) in [4.78, 5) is 0. The second-order valence-corrected chi connectivity index (χ2v) is 22.1. The second kappa shape index (κ2) is 16.9. The predicted octanol–water partition coefficient (Wildman–Crippen LogP) is 20.8. The molecular formula is C70H45Br2N3O2. The van der Waals surface area contributed by atoms with Crippen LogP contribution in [0.4, 0.5) is 0 Å². The van der Waals surface area contributed by atoms with Gasteiger partial charge in [0, 0.05) is 79.9 Å². The first-order chi connectivity index (χ1) is 37.9. The lowest BCUT2D eigenvalue weighted by Gasteiger charge is -2.20. The molecule has 5 nitrogen and oxygen atoms in total. The molecule has 5 aromatic heterocycles. The van der Waals surface area contributed by atoms with Gasteiger partial charge in [0.25, 0.3) is 0 Å². The minimum Gasteiger partial charge on any atom is -0.456 e. The molecule has 0 N–H and O–H groups in total. The van der Waals surface area contributed by atoms with Gasteiger partial charge in [0.15, 0.2) is 0 Å². The first-order valence-electron chi connectivity index (χ1n) is 26.5. The number of aromatic nitrogens is 3. The van der Waals surface area contributed by atoms with Crippen LogP contribution in [-0.4, -0.2) is 13.7 Å². The average molecular weight is 1120 g/mol. The maximum absolute atomic E-state index is 6.25. The molecule has 5 heterocycles. The van der Waals surface area contributed by atoms with Crippen LogP contribution in [0.25, 0.3) is 149 Å². The van der Waals surface area contributed by atoms with Crippen molar-refractivity contribution in [1.82, 2.24) is 13.7 Å². The zero-order valence-electron chi connectivity index (χ0n) is 42.0. The standard InChI is InChI=1S/C68H39Br2N3O2.C2H6/c69-44-16-25-63-55(34-44)53-32-42(14-23-61(53)72(63)47-19-27-67-57(36-47)49-5-1-3-7-65(49)74-67)40-12-21-59-51(30-40)52-31-41(13-22-60(52)71(59)46-18-11-38-9-10-39(38)29-46)43-15-24-62-54(33-43)56-35-45(70)17-26-64(56)73(62)48-20-28-68-58(37-48)50-6-2-4-8-66(50)75-68;1-2/h1-8,11-37H,9-10H2;1-2H3. The molecule has 77 heavy (non-hydrogen) atoms. The fourth-order valence-corrected chi connectivity index (χ4v) is 13.3. The van der Waals surface area contributed by atoms with Crippen LogP contribution in [0, 0.1) is 0 Å². The summed E-state index contributed by atoms with van der Waals surface area (Å²) in [5.41, 5.74) is 21.6. The van der Waals surface area contributed by atoms with Crippen molar-refractivity contribution in [3.63, 3.8) is 0 Å². The molecule has 0 atom stereocenters. The zero-order chi connectivity index (χ0) is 51.2. The maximum atomic E-state index is 6.25. The Morgan fingerprint density at radius 1 is 0.286 bits per heavy atom. The van der Waals surface area contributed by atoms with Crippen LogP contribution < -0.4 is 0 Å². The number of benzene rings is 11. The number of furan rings is 2. The number of rotatable bonds is 5. The third-order valence-electron chi connectivity index (χ3n) is 16.2. The second-order valence-electron chi connectivity index (χ2n) is 20.3. The van der Waals surface area contributed by atoms with E-state index in [1.165, 1.54) is 82.4 Å². The Morgan fingerprint density at radius 3 is 1.01 bits per heavy atom. The quantitative estimate of drug-likeness (QED) is 0.172. The molecule has 16 aromatic rings. The van der Waals surface area contributed by atoms with Crippen LogP contribution in [0.15, 0.2) is 230 Å². The van der Waals surface area contributed by atoms with E-state index < -0.39 is 0 Å². The van der Waals surface area contributed by atoms with Crippen LogP contribution in [0.5, 0.6) is 0 Å². The van der Waals surface area contributed by atoms with E-state index in [2.05, 4.69) is 234 Å². The zero-order valence-corrected chi connectivity index (χ0v) is 45.2. The third kappa shape index (κ3) is 6.70. The van der Waals surface area contributed by atoms with Crippen molar-refractivity contribution in [3.05, 3.63) is 232 Å². The van der Waals surface area contributed by atoms with E-state index in [1.807, 2.05) is 38.1 Å². The van der Waals surface area contributed by atoms with Gasteiger partial charge in [-0.3, -0.25) is 0 Å². The fraction of sp³-hybridized carbons (Fsp3) is 0.0571. The Bertz CT molecular complexity index is 4880. The van der Waals surface area contributed by atoms with Gasteiger partial charge in [0.05, 0.1) is 33.1 Å². The number of para-hydroxylation sites is 2. The van der Waals surface area contributed by atoms with Crippen LogP contribution >= 0.6 is 31.9 Å². The SMILES string of the molecule is Brc1ccc2c(c1)c1cc(-c3ccc4c(c3)c3cc(-c5ccc6c(c5)c5cc(Br)ccc5n6-c5ccc6oc7ccccc7c6c5)ccc3n4-c3ccc4c(c3)CC4)ccc1n2-c1ccc2oc3ccccc3c2c1.CC. The molecule has 1 aliphatic carbocycles. The van der Waals surface area contributed by atoms with Gasteiger partial charge in [-0.15, -0.1) is 0 Å². The van der Waals surface area contributed by atoms with Crippen LogP contribution in [-0.2, 0) is 12.8 Å². The van der Waals surface area contributed by atoms with Crippen LogP contribution in [0.2, 0.25) is 0 Å². The summed E-state index contributed by atoms with van der Waals surface area (Å²) >= 11 is 7.65. The topological polar surface area (TPSA) is 41.1 Å². The molecule has 0 unspecified atom stereocenters. The van der Waals surface area contributed by atoms with Gasteiger partial charge in [-0.05, 0) is 192 Å².